The van der Waals surface area contributed by atoms with Crippen LogP contribution in [0.2, 0.25) is 0 Å². The molecule has 2 aromatic heterocycles. The molecule has 1 aliphatic rings. The number of para-hydroxylation sites is 1. The van der Waals surface area contributed by atoms with Crippen LogP contribution in [0.15, 0.2) is 35.0 Å². The second-order valence-electron chi connectivity index (χ2n) is 5.99. The van der Waals surface area contributed by atoms with Crippen LogP contribution in [0.3, 0.4) is 0 Å². The summed E-state index contributed by atoms with van der Waals surface area (Å²) in [5.74, 6) is 0.951. The summed E-state index contributed by atoms with van der Waals surface area (Å²) in [4.78, 5) is 22.4. The average Bonchev–Trinajstić information content (AvgIpc) is 3.31. The van der Waals surface area contributed by atoms with E-state index in [1.54, 1.807) is 18.9 Å². The molecule has 4 rings (SSSR count). The minimum Gasteiger partial charge on any atom is -0.380 e. The van der Waals surface area contributed by atoms with Gasteiger partial charge in [0.1, 0.15) is 6.04 Å². The number of aromatic nitrogens is 3. The van der Waals surface area contributed by atoms with Gasteiger partial charge in [0.15, 0.2) is 5.82 Å². The molecule has 0 spiro atoms. The van der Waals surface area contributed by atoms with E-state index in [9.17, 15) is 4.79 Å². The van der Waals surface area contributed by atoms with Gasteiger partial charge >= 0.3 is 0 Å². The van der Waals surface area contributed by atoms with E-state index in [1.807, 2.05) is 30.5 Å². The van der Waals surface area contributed by atoms with E-state index in [1.165, 1.54) is 0 Å². The van der Waals surface area contributed by atoms with Crippen molar-refractivity contribution >= 4 is 16.8 Å². The fourth-order valence-electron chi connectivity index (χ4n) is 3.29. The monoisotopic (exact) mass is 326 g/mol. The third kappa shape index (κ3) is 2.37. The molecule has 1 fully saturated rings. The van der Waals surface area contributed by atoms with Gasteiger partial charge in [0.25, 0.3) is 5.91 Å². The number of rotatable bonds is 3. The minimum atomic E-state index is -0.270. The number of aryl methyl sites for hydroxylation is 1. The van der Waals surface area contributed by atoms with Crippen molar-refractivity contribution < 1.29 is 14.1 Å². The molecular weight excluding hydrogens is 308 g/mol. The lowest BCUT2D eigenvalue weighted by atomic mass is 10.1. The maximum absolute atomic E-state index is 13.2. The van der Waals surface area contributed by atoms with Crippen LogP contribution < -0.4 is 0 Å². The first-order chi connectivity index (χ1) is 11.7. The van der Waals surface area contributed by atoms with Crippen molar-refractivity contribution in [3.63, 3.8) is 0 Å². The number of carbonyl (C=O) groups excluding carboxylic acids is 1. The van der Waals surface area contributed by atoms with Gasteiger partial charge in [-0.25, -0.2) is 0 Å². The van der Waals surface area contributed by atoms with Crippen molar-refractivity contribution in [1.29, 1.82) is 0 Å². The van der Waals surface area contributed by atoms with E-state index < -0.39 is 0 Å². The van der Waals surface area contributed by atoms with Gasteiger partial charge in [-0.3, -0.25) is 4.79 Å². The smallest absolute Gasteiger partial charge is 0.256 e. The average molecular weight is 326 g/mol. The van der Waals surface area contributed by atoms with Crippen molar-refractivity contribution in [2.75, 3.05) is 13.7 Å². The van der Waals surface area contributed by atoms with Crippen molar-refractivity contribution in [3.05, 3.63) is 47.7 Å². The van der Waals surface area contributed by atoms with Crippen LogP contribution in [0.1, 0.15) is 34.5 Å². The minimum absolute atomic E-state index is 0.0472. The summed E-state index contributed by atoms with van der Waals surface area (Å²) < 4.78 is 10.8. The van der Waals surface area contributed by atoms with Gasteiger partial charge in [-0.15, -0.1) is 0 Å². The van der Waals surface area contributed by atoms with E-state index in [4.69, 9.17) is 9.26 Å². The number of hydrogen-bond acceptors (Lipinski definition) is 5. The molecule has 1 aromatic carbocycles. The molecule has 0 bridgehead atoms. The van der Waals surface area contributed by atoms with E-state index in [0.29, 0.717) is 30.2 Å². The van der Waals surface area contributed by atoms with Gasteiger partial charge in [-0.1, -0.05) is 17.3 Å². The first-order valence-corrected chi connectivity index (χ1v) is 7.87. The number of fused-ring (bicyclic) bond motifs is 1. The van der Waals surface area contributed by atoms with Gasteiger partial charge in [-0.2, -0.15) is 4.98 Å². The predicted molar refractivity (Wildman–Crippen MR) is 86.5 cm³/mol. The van der Waals surface area contributed by atoms with Gasteiger partial charge in [0.05, 0.1) is 17.2 Å². The second-order valence-corrected chi connectivity index (χ2v) is 5.99. The summed E-state index contributed by atoms with van der Waals surface area (Å²) in [5.41, 5.74) is 1.47. The highest BCUT2D eigenvalue weighted by Crippen LogP contribution is 2.34. The number of hydrogen-bond donors (Lipinski definition) is 1. The molecule has 24 heavy (non-hydrogen) atoms. The number of benzene rings is 1. The number of aromatic amines is 1. The maximum atomic E-state index is 13.2. The van der Waals surface area contributed by atoms with E-state index >= 15 is 0 Å². The zero-order valence-corrected chi connectivity index (χ0v) is 13.5. The lowest BCUT2D eigenvalue weighted by molar-refractivity contribution is 0.0672. The third-order valence-electron chi connectivity index (χ3n) is 4.50. The van der Waals surface area contributed by atoms with E-state index in [-0.39, 0.29) is 18.1 Å². The molecular formula is C17H18N4O3. The Balaban J connectivity index is 1.72. The highest BCUT2D eigenvalue weighted by Gasteiger charge is 2.40. The van der Waals surface area contributed by atoms with Gasteiger partial charge in [0.2, 0.25) is 5.89 Å². The van der Waals surface area contributed by atoms with E-state index in [2.05, 4.69) is 15.1 Å². The number of carbonyl (C=O) groups is 1. The van der Waals surface area contributed by atoms with Crippen LogP contribution in [0.5, 0.6) is 0 Å². The molecule has 1 aliphatic heterocycles. The van der Waals surface area contributed by atoms with Crippen LogP contribution in [0, 0.1) is 6.92 Å². The summed E-state index contributed by atoms with van der Waals surface area (Å²) >= 11 is 0. The van der Waals surface area contributed by atoms with E-state index in [0.717, 1.165) is 10.9 Å². The Morgan fingerprint density at radius 3 is 3.04 bits per heavy atom. The predicted octanol–water partition coefficient (Wildman–Crippen LogP) is 2.46. The highest BCUT2D eigenvalue weighted by atomic mass is 16.5. The molecule has 1 N–H and O–H groups in total. The molecule has 7 nitrogen and oxygen atoms in total. The zero-order chi connectivity index (χ0) is 16.7. The molecule has 0 unspecified atom stereocenters. The summed E-state index contributed by atoms with van der Waals surface area (Å²) in [7, 11) is 1.65. The van der Waals surface area contributed by atoms with Crippen molar-refractivity contribution in [3.8, 4) is 0 Å². The Kier molecular flexibility index (Phi) is 3.57. The first kappa shape index (κ1) is 14.9. The van der Waals surface area contributed by atoms with Gasteiger partial charge in [-0.05, 0) is 19.1 Å². The third-order valence-corrected chi connectivity index (χ3v) is 4.50. The SMILES string of the molecule is CO[C@@H]1C[C@H](c2nc(C)no2)N(C(=O)c2cccc3cc[nH]c23)C1. The number of ether oxygens (including phenoxy) is 1. The molecule has 7 heteroatoms. The molecule has 0 saturated carbocycles. The standard InChI is InChI=1S/C17H18N4O3/c1-10-19-16(24-20-10)14-8-12(23-2)9-21(14)17(22)13-5-3-4-11-6-7-18-15(11)13/h3-7,12,14,18H,8-9H2,1-2H3/t12-,14-/m1/s1. The fourth-order valence-corrected chi connectivity index (χ4v) is 3.29. The lowest BCUT2D eigenvalue weighted by Crippen LogP contribution is -2.32. The van der Waals surface area contributed by atoms with Crippen LogP contribution in [-0.4, -0.2) is 45.7 Å². The zero-order valence-electron chi connectivity index (χ0n) is 13.5. The van der Waals surface area contributed by atoms with Crippen molar-refractivity contribution in [1.82, 2.24) is 20.0 Å². The van der Waals surface area contributed by atoms with Gasteiger partial charge < -0.3 is 19.1 Å². The van der Waals surface area contributed by atoms with Crippen molar-refractivity contribution in [2.45, 2.75) is 25.5 Å². The van der Waals surface area contributed by atoms with Gasteiger partial charge in [0, 0.05) is 31.7 Å². The first-order valence-electron chi connectivity index (χ1n) is 7.87. The molecule has 2 atom stereocenters. The van der Waals surface area contributed by atoms with Crippen LogP contribution in [-0.2, 0) is 4.74 Å². The molecule has 1 amide bonds. The lowest BCUT2D eigenvalue weighted by Gasteiger charge is -2.22. The number of methoxy groups -OCH3 is 1. The second kappa shape index (κ2) is 5.76. The van der Waals surface area contributed by atoms with Crippen LogP contribution in [0.25, 0.3) is 10.9 Å². The Bertz CT molecular complexity index is 885. The van der Waals surface area contributed by atoms with Crippen LogP contribution >= 0.6 is 0 Å². The fraction of sp³-hybridized carbons (Fsp3) is 0.353. The molecule has 0 aliphatic carbocycles. The quantitative estimate of drug-likeness (QED) is 0.799. The normalized spacial score (nSPS) is 20.8. The summed E-state index contributed by atoms with van der Waals surface area (Å²) in [6.45, 7) is 2.26. The number of H-pyrrole nitrogens is 1. The number of amides is 1. The molecule has 124 valence electrons. The Morgan fingerprint density at radius 1 is 1.42 bits per heavy atom. The Labute approximate surface area is 138 Å². The number of nitrogens with zero attached hydrogens (tertiary/aromatic N) is 3. The summed E-state index contributed by atoms with van der Waals surface area (Å²) in [6, 6.07) is 7.38. The summed E-state index contributed by atoms with van der Waals surface area (Å²) in [6.07, 6.45) is 2.43. The Hall–Kier alpha value is -2.67. The maximum Gasteiger partial charge on any atom is 0.256 e. The highest BCUT2D eigenvalue weighted by molar-refractivity contribution is 6.05. The molecule has 3 heterocycles. The van der Waals surface area contributed by atoms with Crippen LogP contribution in [0.4, 0.5) is 0 Å². The molecule has 0 radical (unpaired) electrons. The summed E-state index contributed by atoms with van der Waals surface area (Å²) in [5, 5.41) is 4.86. The topological polar surface area (TPSA) is 84.2 Å². The Morgan fingerprint density at radius 2 is 2.29 bits per heavy atom. The van der Waals surface area contributed by atoms with Crippen molar-refractivity contribution in [2.24, 2.45) is 0 Å². The number of nitrogens with one attached hydrogen (secondary N) is 1. The molecule has 3 aromatic rings. The molecule has 1 saturated heterocycles. The largest absolute Gasteiger partial charge is 0.380 e. The number of likely N-dealkylation sites (tertiary alicyclic amines) is 1.